The Morgan fingerprint density at radius 3 is 2.90 bits per heavy atom. The number of amides is 1. The minimum absolute atomic E-state index is 0.00894. The van der Waals surface area contributed by atoms with Crippen LogP contribution in [0.1, 0.15) is 23.2 Å². The first-order valence-electron chi connectivity index (χ1n) is 6.82. The van der Waals surface area contributed by atoms with Crippen molar-refractivity contribution in [2.45, 2.75) is 18.9 Å². The molecule has 5 heteroatoms. The van der Waals surface area contributed by atoms with Gasteiger partial charge in [0.15, 0.2) is 0 Å². The van der Waals surface area contributed by atoms with Crippen LogP contribution in [0.2, 0.25) is 0 Å². The van der Waals surface area contributed by atoms with Gasteiger partial charge in [0.2, 0.25) is 0 Å². The molecule has 1 amide bonds. The summed E-state index contributed by atoms with van der Waals surface area (Å²) in [7, 11) is 5.56. The molecule has 0 N–H and O–H groups in total. The molecule has 1 aliphatic heterocycles. The number of rotatable bonds is 4. The number of halogens is 1. The standard InChI is InChI=1S/C15H21BrN2O2/c1-17-8-4-5-12(17)10-18(2)15(19)13-7-6-11(16)9-14(13)20-3/h6-7,9,12H,4-5,8,10H2,1-3H3. The molecule has 0 spiro atoms. The van der Waals surface area contributed by atoms with Crippen LogP contribution < -0.4 is 4.74 Å². The molecular formula is C15H21BrN2O2. The van der Waals surface area contributed by atoms with Crippen LogP contribution in [0, 0.1) is 0 Å². The Labute approximate surface area is 128 Å². The van der Waals surface area contributed by atoms with Gasteiger partial charge in [0, 0.05) is 24.1 Å². The van der Waals surface area contributed by atoms with Crippen molar-refractivity contribution in [3.05, 3.63) is 28.2 Å². The summed E-state index contributed by atoms with van der Waals surface area (Å²) >= 11 is 3.39. The quantitative estimate of drug-likeness (QED) is 0.844. The molecule has 4 nitrogen and oxygen atoms in total. The number of hydrogen-bond donors (Lipinski definition) is 0. The van der Waals surface area contributed by atoms with Gasteiger partial charge in [-0.2, -0.15) is 0 Å². The van der Waals surface area contributed by atoms with E-state index in [1.165, 1.54) is 6.42 Å². The lowest BCUT2D eigenvalue weighted by molar-refractivity contribution is 0.0758. The molecule has 1 fully saturated rings. The zero-order valence-corrected chi connectivity index (χ0v) is 13.8. The normalized spacial score (nSPS) is 19.1. The Morgan fingerprint density at radius 1 is 1.55 bits per heavy atom. The van der Waals surface area contributed by atoms with Gasteiger partial charge in [-0.1, -0.05) is 15.9 Å². The Hall–Kier alpha value is -1.07. The summed E-state index contributed by atoms with van der Waals surface area (Å²) in [5, 5.41) is 0. The largest absolute Gasteiger partial charge is 0.496 e. The van der Waals surface area contributed by atoms with E-state index in [0.29, 0.717) is 17.4 Å². The topological polar surface area (TPSA) is 32.8 Å². The molecule has 2 rings (SSSR count). The van der Waals surface area contributed by atoms with Crippen LogP contribution in [-0.4, -0.2) is 56.0 Å². The lowest BCUT2D eigenvalue weighted by Crippen LogP contribution is -2.39. The van der Waals surface area contributed by atoms with E-state index in [2.05, 4.69) is 27.9 Å². The first kappa shape index (κ1) is 15.3. The maximum absolute atomic E-state index is 12.5. The molecule has 1 aromatic carbocycles. The van der Waals surface area contributed by atoms with Crippen molar-refractivity contribution in [1.29, 1.82) is 0 Å². The molecule has 110 valence electrons. The van der Waals surface area contributed by atoms with E-state index in [-0.39, 0.29) is 5.91 Å². The number of likely N-dealkylation sites (N-methyl/N-ethyl adjacent to an activating group) is 2. The number of nitrogens with zero attached hydrogens (tertiary/aromatic N) is 2. The van der Waals surface area contributed by atoms with E-state index in [1.54, 1.807) is 18.1 Å². The second-order valence-corrected chi connectivity index (χ2v) is 6.22. The van der Waals surface area contributed by atoms with Gasteiger partial charge in [0.05, 0.1) is 12.7 Å². The number of methoxy groups -OCH3 is 1. The molecule has 0 radical (unpaired) electrons. The van der Waals surface area contributed by atoms with Gasteiger partial charge >= 0.3 is 0 Å². The second-order valence-electron chi connectivity index (χ2n) is 5.31. The summed E-state index contributed by atoms with van der Waals surface area (Å²) in [6.07, 6.45) is 2.37. The zero-order chi connectivity index (χ0) is 14.7. The Balaban J connectivity index is 2.10. The average molecular weight is 341 g/mol. The van der Waals surface area contributed by atoms with Crippen LogP contribution in [0.15, 0.2) is 22.7 Å². The molecule has 20 heavy (non-hydrogen) atoms. The predicted octanol–water partition coefficient (Wildman–Crippen LogP) is 2.62. The number of carbonyl (C=O) groups is 1. The minimum atomic E-state index is 0.00894. The Morgan fingerprint density at radius 2 is 2.30 bits per heavy atom. The van der Waals surface area contributed by atoms with Gasteiger partial charge in [0.1, 0.15) is 5.75 Å². The van der Waals surface area contributed by atoms with Crippen LogP contribution in [0.4, 0.5) is 0 Å². The fraction of sp³-hybridized carbons (Fsp3) is 0.533. The monoisotopic (exact) mass is 340 g/mol. The molecule has 0 saturated carbocycles. The summed E-state index contributed by atoms with van der Waals surface area (Å²) in [5.41, 5.74) is 0.610. The van der Waals surface area contributed by atoms with E-state index in [9.17, 15) is 4.79 Å². The molecule has 1 saturated heterocycles. The third kappa shape index (κ3) is 3.33. The van der Waals surface area contributed by atoms with Crippen molar-refractivity contribution in [2.75, 3.05) is 34.3 Å². The fourth-order valence-corrected chi connectivity index (χ4v) is 3.00. The lowest BCUT2D eigenvalue weighted by atomic mass is 10.1. The van der Waals surface area contributed by atoms with E-state index >= 15 is 0 Å². The summed E-state index contributed by atoms with van der Waals surface area (Å²) < 4.78 is 6.21. The van der Waals surface area contributed by atoms with Crippen LogP contribution >= 0.6 is 15.9 Å². The SMILES string of the molecule is COc1cc(Br)ccc1C(=O)N(C)CC1CCCN1C. The van der Waals surface area contributed by atoms with E-state index < -0.39 is 0 Å². The minimum Gasteiger partial charge on any atom is -0.496 e. The lowest BCUT2D eigenvalue weighted by Gasteiger charge is -2.26. The summed E-state index contributed by atoms with van der Waals surface area (Å²) in [4.78, 5) is 16.7. The number of benzene rings is 1. The van der Waals surface area contributed by atoms with E-state index in [1.807, 2.05) is 19.2 Å². The van der Waals surface area contributed by atoms with Gasteiger partial charge in [-0.05, 0) is 44.6 Å². The van der Waals surface area contributed by atoms with Gasteiger partial charge < -0.3 is 14.5 Å². The first-order chi connectivity index (χ1) is 9.52. The fourth-order valence-electron chi connectivity index (χ4n) is 2.66. The van der Waals surface area contributed by atoms with Crippen molar-refractivity contribution < 1.29 is 9.53 Å². The van der Waals surface area contributed by atoms with Crippen molar-refractivity contribution in [3.8, 4) is 5.75 Å². The Kier molecular flexibility index (Phi) is 5.05. The van der Waals surface area contributed by atoms with E-state index in [0.717, 1.165) is 24.0 Å². The summed E-state index contributed by atoms with van der Waals surface area (Å²) in [6.45, 7) is 1.88. The van der Waals surface area contributed by atoms with Crippen molar-refractivity contribution >= 4 is 21.8 Å². The third-order valence-electron chi connectivity index (χ3n) is 3.90. The molecule has 1 aliphatic rings. The molecule has 1 unspecified atom stereocenters. The van der Waals surface area contributed by atoms with Crippen LogP contribution in [0.3, 0.4) is 0 Å². The molecule has 0 aliphatic carbocycles. The molecule has 1 aromatic rings. The van der Waals surface area contributed by atoms with Crippen molar-refractivity contribution in [2.24, 2.45) is 0 Å². The number of hydrogen-bond acceptors (Lipinski definition) is 3. The number of likely N-dealkylation sites (tertiary alicyclic amines) is 1. The number of carbonyl (C=O) groups excluding carboxylic acids is 1. The molecule has 0 aromatic heterocycles. The van der Waals surface area contributed by atoms with Gasteiger partial charge in [-0.15, -0.1) is 0 Å². The highest BCUT2D eigenvalue weighted by Gasteiger charge is 2.25. The summed E-state index contributed by atoms with van der Waals surface area (Å²) in [6, 6.07) is 5.96. The highest BCUT2D eigenvalue weighted by atomic mass is 79.9. The zero-order valence-electron chi connectivity index (χ0n) is 12.2. The molecular weight excluding hydrogens is 320 g/mol. The van der Waals surface area contributed by atoms with Gasteiger partial charge in [-0.3, -0.25) is 4.79 Å². The summed E-state index contributed by atoms with van der Waals surface area (Å²) in [5.74, 6) is 0.616. The van der Waals surface area contributed by atoms with Gasteiger partial charge in [0.25, 0.3) is 5.91 Å². The van der Waals surface area contributed by atoms with Gasteiger partial charge in [-0.25, -0.2) is 0 Å². The Bertz CT molecular complexity index is 493. The molecule has 1 heterocycles. The second kappa shape index (κ2) is 6.59. The maximum Gasteiger partial charge on any atom is 0.257 e. The number of ether oxygens (including phenoxy) is 1. The molecule has 0 bridgehead atoms. The smallest absolute Gasteiger partial charge is 0.257 e. The highest BCUT2D eigenvalue weighted by molar-refractivity contribution is 9.10. The highest BCUT2D eigenvalue weighted by Crippen LogP contribution is 2.25. The van der Waals surface area contributed by atoms with Crippen LogP contribution in [0.5, 0.6) is 5.75 Å². The average Bonchev–Trinajstić information content (AvgIpc) is 2.83. The van der Waals surface area contributed by atoms with Crippen molar-refractivity contribution in [1.82, 2.24) is 9.80 Å². The third-order valence-corrected chi connectivity index (χ3v) is 4.39. The van der Waals surface area contributed by atoms with E-state index in [4.69, 9.17) is 4.74 Å². The first-order valence-corrected chi connectivity index (χ1v) is 7.61. The van der Waals surface area contributed by atoms with Crippen LogP contribution in [0.25, 0.3) is 0 Å². The maximum atomic E-state index is 12.5. The van der Waals surface area contributed by atoms with Crippen molar-refractivity contribution in [3.63, 3.8) is 0 Å². The molecule has 1 atom stereocenters. The predicted molar refractivity (Wildman–Crippen MR) is 83.3 cm³/mol. The van der Waals surface area contributed by atoms with Crippen LogP contribution in [-0.2, 0) is 0 Å².